The monoisotopic (exact) mass is 344 g/mol. The molecule has 6 heteroatoms. The van der Waals surface area contributed by atoms with E-state index in [-0.39, 0.29) is 18.3 Å². The van der Waals surface area contributed by atoms with E-state index >= 15 is 0 Å². The Bertz CT molecular complexity index is 666. The molecule has 0 spiro atoms. The number of carbonyl (C=O) groups is 1. The lowest BCUT2D eigenvalue weighted by molar-refractivity contribution is 0.0714. The van der Waals surface area contributed by atoms with Crippen LogP contribution in [-0.2, 0) is 6.54 Å². The molecule has 3 rings (SSSR count). The molecule has 1 aliphatic rings. The molecule has 5 nitrogen and oxygen atoms in total. The summed E-state index contributed by atoms with van der Waals surface area (Å²) in [6.45, 7) is 3.80. The molecule has 1 fully saturated rings. The van der Waals surface area contributed by atoms with Gasteiger partial charge in [0.1, 0.15) is 11.5 Å². The summed E-state index contributed by atoms with van der Waals surface area (Å²) in [4.78, 5) is 16.9. The summed E-state index contributed by atoms with van der Waals surface area (Å²) in [5, 5.41) is 6.57. The molecule has 1 saturated heterocycles. The number of likely N-dealkylation sites (tertiary alicyclic amines) is 1. The van der Waals surface area contributed by atoms with Crippen LogP contribution >= 0.6 is 0 Å². The zero-order valence-corrected chi connectivity index (χ0v) is 14.5. The van der Waals surface area contributed by atoms with Gasteiger partial charge >= 0.3 is 0 Å². The van der Waals surface area contributed by atoms with Gasteiger partial charge in [0.2, 0.25) is 0 Å². The maximum absolute atomic E-state index is 14.0. The molecule has 0 aliphatic carbocycles. The number of amides is 1. The second-order valence-electron chi connectivity index (χ2n) is 6.54. The average molecular weight is 344 g/mol. The Morgan fingerprint density at radius 2 is 1.92 bits per heavy atom. The maximum Gasteiger partial charge on any atom is 0.272 e. The summed E-state index contributed by atoms with van der Waals surface area (Å²) in [5.74, 6) is -0.421. The van der Waals surface area contributed by atoms with E-state index in [1.165, 1.54) is 31.7 Å². The van der Waals surface area contributed by atoms with Gasteiger partial charge in [-0.15, -0.1) is 0 Å². The fourth-order valence-electron chi connectivity index (χ4n) is 3.25. The van der Waals surface area contributed by atoms with Crippen LogP contribution in [0.1, 0.15) is 41.7 Å². The van der Waals surface area contributed by atoms with Crippen molar-refractivity contribution in [3.63, 3.8) is 0 Å². The van der Waals surface area contributed by atoms with Crippen molar-refractivity contribution in [2.75, 3.05) is 26.2 Å². The Labute approximate surface area is 147 Å². The van der Waals surface area contributed by atoms with E-state index < -0.39 is 0 Å². The van der Waals surface area contributed by atoms with Crippen LogP contribution in [0.15, 0.2) is 36.5 Å². The number of aromatic nitrogens is 2. The fraction of sp³-hybridized carbons (Fsp3) is 0.474. The Balaban J connectivity index is 1.69. The molecule has 2 aromatic rings. The summed E-state index contributed by atoms with van der Waals surface area (Å²) in [6.07, 6.45) is 6.54. The van der Waals surface area contributed by atoms with Crippen molar-refractivity contribution in [3.8, 4) is 0 Å². The topological polar surface area (TPSA) is 52.2 Å². The van der Waals surface area contributed by atoms with E-state index in [1.54, 1.807) is 35.4 Å². The van der Waals surface area contributed by atoms with Crippen molar-refractivity contribution >= 4 is 5.91 Å². The molecule has 1 aromatic heterocycles. The standard InChI is InChI=1S/C19H25FN4O/c20-17-8-4-3-7-16(17)15-24(19(25)18-9-10-21-22-18)14-13-23-11-5-1-2-6-12-23/h3-4,7-10H,1-2,5-6,11-15H2,(H,21,22). The first-order valence-corrected chi connectivity index (χ1v) is 8.98. The quantitative estimate of drug-likeness (QED) is 0.876. The van der Waals surface area contributed by atoms with Crippen molar-refractivity contribution < 1.29 is 9.18 Å². The summed E-state index contributed by atoms with van der Waals surface area (Å²) >= 11 is 0. The van der Waals surface area contributed by atoms with Crippen molar-refractivity contribution in [1.29, 1.82) is 0 Å². The maximum atomic E-state index is 14.0. The van der Waals surface area contributed by atoms with Crippen molar-refractivity contribution in [1.82, 2.24) is 20.0 Å². The zero-order valence-electron chi connectivity index (χ0n) is 14.5. The van der Waals surface area contributed by atoms with Crippen LogP contribution < -0.4 is 0 Å². The number of rotatable bonds is 6. The van der Waals surface area contributed by atoms with Gasteiger partial charge in [-0.05, 0) is 38.1 Å². The Morgan fingerprint density at radius 3 is 2.60 bits per heavy atom. The third kappa shape index (κ3) is 4.89. The highest BCUT2D eigenvalue weighted by atomic mass is 19.1. The summed E-state index contributed by atoms with van der Waals surface area (Å²) in [6, 6.07) is 8.28. The third-order valence-corrected chi connectivity index (χ3v) is 4.72. The number of nitrogens with zero attached hydrogens (tertiary/aromatic N) is 3. The number of aromatic amines is 1. The Kier molecular flexibility index (Phi) is 6.17. The molecule has 134 valence electrons. The van der Waals surface area contributed by atoms with E-state index in [9.17, 15) is 9.18 Å². The van der Waals surface area contributed by atoms with Crippen LogP contribution in [0.5, 0.6) is 0 Å². The zero-order chi connectivity index (χ0) is 17.5. The minimum atomic E-state index is -0.278. The van der Waals surface area contributed by atoms with Gasteiger partial charge in [0, 0.05) is 31.4 Å². The predicted octanol–water partition coefficient (Wildman–Crippen LogP) is 3.07. The van der Waals surface area contributed by atoms with Gasteiger partial charge in [0.15, 0.2) is 0 Å². The van der Waals surface area contributed by atoms with Crippen LogP contribution in [0.4, 0.5) is 4.39 Å². The summed E-state index contributed by atoms with van der Waals surface area (Å²) in [7, 11) is 0. The lowest BCUT2D eigenvalue weighted by Gasteiger charge is -2.27. The summed E-state index contributed by atoms with van der Waals surface area (Å²) in [5.41, 5.74) is 0.971. The fourth-order valence-corrected chi connectivity index (χ4v) is 3.25. The Morgan fingerprint density at radius 1 is 1.16 bits per heavy atom. The lowest BCUT2D eigenvalue weighted by Crippen LogP contribution is -2.39. The van der Waals surface area contributed by atoms with Crippen LogP contribution in [0.25, 0.3) is 0 Å². The lowest BCUT2D eigenvalue weighted by atomic mass is 10.2. The number of hydrogen-bond acceptors (Lipinski definition) is 3. The van der Waals surface area contributed by atoms with E-state index in [2.05, 4.69) is 15.1 Å². The van der Waals surface area contributed by atoms with Gasteiger partial charge in [-0.25, -0.2) is 4.39 Å². The van der Waals surface area contributed by atoms with E-state index in [0.717, 1.165) is 19.6 Å². The predicted molar refractivity (Wildman–Crippen MR) is 94.6 cm³/mol. The molecule has 0 saturated carbocycles. The van der Waals surface area contributed by atoms with E-state index in [0.29, 0.717) is 17.8 Å². The first kappa shape index (κ1) is 17.6. The number of benzene rings is 1. The minimum Gasteiger partial charge on any atom is -0.332 e. The van der Waals surface area contributed by atoms with Crippen molar-refractivity contribution in [3.05, 3.63) is 53.6 Å². The molecule has 25 heavy (non-hydrogen) atoms. The first-order chi connectivity index (χ1) is 12.2. The highest BCUT2D eigenvalue weighted by Gasteiger charge is 2.20. The van der Waals surface area contributed by atoms with Gasteiger partial charge in [-0.3, -0.25) is 9.89 Å². The highest BCUT2D eigenvalue weighted by Crippen LogP contribution is 2.14. The minimum absolute atomic E-state index is 0.143. The number of H-pyrrole nitrogens is 1. The van der Waals surface area contributed by atoms with E-state index in [4.69, 9.17) is 0 Å². The van der Waals surface area contributed by atoms with Gasteiger partial charge < -0.3 is 9.80 Å². The molecular formula is C19H25FN4O. The molecule has 0 atom stereocenters. The van der Waals surface area contributed by atoms with Gasteiger partial charge in [-0.1, -0.05) is 31.0 Å². The molecule has 0 unspecified atom stereocenters. The SMILES string of the molecule is O=C(c1ccn[nH]1)N(CCN1CCCCCC1)Cc1ccccc1F. The van der Waals surface area contributed by atoms with Crippen LogP contribution in [0.3, 0.4) is 0 Å². The first-order valence-electron chi connectivity index (χ1n) is 8.98. The summed E-state index contributed by atoms with van der Waals surface area (Å²) < 4.78 is 14.0. The Hall–Kier alpha value is -2.21. The second kappa shape index (κ2) is 8.76. The molecule has 0 bridgehead atoms. The molecular weight excluding hydrogens is 319 g/mol. The molecule has 1 N–H and O–H groups in total. The average Bonchev–Trinajstić information content (AvgIpc) is 3.04. The normalized spacial score (nSPS) is 15.7. The number of nitrogens with one attached hydrogen (secondary N) is 1. The number of halogens is 1. The number of carbonyl (C=O) groups excluding carboxylic acids is 1. The molecule has 1 aromatic carbocycles. The molecule has 2 heterocycles. The molecule has 1 amide bonds. The smallest absolute Gasteiger partial charge is 0.272 e. The number of hydrogen-bond donors (Lipinski definition) is 1. The second-order valence-corrected chi connectivity index (χ2v) is 6.54. The van der Waals surface area contributed by atoms with Gasteiger partial charge in [0.25, 0.3) is 5.91 Å². The van der Waals surface area contributed by atoms with E-state index in [1.807, 2.05) is 0 Å². The van der Waals surface area contributed by atoms with Gasteiger partial charge in [-0.2, -0.15) is 5.10 Å². The highest BCUT2D eigenvalue weighted by molar-refractivity contribution is 5.92. The van der Waals surface area contributed by atoms with Crippen LogP contribution in [-0.4, -0.2) is 52.1 Å². The van der Waals surface area contributed by atoms with Gasteiger partial charge in [0.05, 0.1) is 0 Å². The third-order valence-electron chi connectivity index (χ3n) is 4.72. The largest absolute Gasteiger partial charge is 0.332 e. The molecule has 1 aliphatic heterocycles. The van der Waals surface area contributed by atoms with Crippen LogP contribution in [0, 0.1) is 5.82 Å². The molecule has 0 radical (unpaired) electrons. The van der Waals surface area contributed by atoms with Crippen molar-refractivity contribution in [2.45, 2.75) is 32.2 Å². The van der Waals surface area contributed by atoms with Crippen LogP contribution in [0.2, 0.25) is 0 Å². The van der Waals surface area contributed by atoms with Crippen molar-refractivity contribution in [2.24, 2.45) is 0 Å².